The van der Waals surface area contributed by atoms with E-state index < -0.39 is 9.84 Å². The minimum absolute atomic E-state index is 0.126. The molecule has 0 aliphatic carbocycles. The summed E-state index contributed by atoms with van der Waals surface area (Å²) in [6, 6.07) is 0. The number of hydrogen-bond donors (Lipinski definition) is 0. The van der Waals surface area contributed by atoms with E-state index in [1.54, 1.807) is 4.90 Å². The molecule has 1 fully saturated rings. The largest absolute Gasteiger partial charge is 0.342 e. The quantitative estimate of drug-likeness (QED) is 0.705. The lowest BCUT2D eigenvalue weighted by atomic mass is 9.99. The third-order valence-electron chi connectivity index (χ3n) is 3.73. The summed E-state index contributed by atoms with van der Waals surface area (Å²) in [7, 11) is -2.93. The Morgan fingerprint density at radius 1 is 1.21 bits per heavy atom. The van der Waals surface area contributed by atoms with E-state index in [0.717, 1.165) is 6.42 Å². The average molecular weight is 289 g/mol. The Morgan fingerprint density at radius 3 is 2.63 bits per heavy atom. The van der Waals surface area contributed by atoms with Gasteiger partial charge in [-0.2, -0.15) is 0 Å². The molecule has 0 aromatic rings. The van der Waals surface area contributed by atoms with E-state index in [1.807, 2.05) is 0 Å². The topological polar surface area (TPSA) is 54.5 Å². The summed E-state index contributed by atoms with van der Waals surface area (Å²) in [4.78, 5) is 13.9. The Labute approximate surface area is 117 Å². The van der Waals surface area contributed by atoms with Gasteiger partial charge in [0.2, 0.25) is 5.91 Å². The van der Waals surface area contributed by atoms with Gasteiger partial charge in [0.1, 0.15) is 0 Å². The van der Waals surface area contributed by atoms with Gasteiger partial charge in [-0.3, -0.25) is 4.79 Å². The normalized spacial score (nSPS) is 20.8. The predicted molar refractivity (Wildman–Crippen MR) is 77.8 cm³/mol. The number of nitrogens with zero attached hydrogens (tertiary/aromatic N) is 1. The van der Waals surface area contributed by atoms with E-state index in [-0.39, 0.29) is 17.4 Å². The van der Waals surface area contributed by atoms with Crippen molar-refractivity contribution in [2.24, 2.45) is 5.92 Å². The summed E-state index contributed by atoms with van der Waals surface area (Å²) in [5.74, 6) is 0.881. The van der Waals surface area contributed by atoms with Gasteiger partial charge in [-0.1, -0.05) is 39.5 Å². The lowest BCUT2D eigenvalue weighted by Gasteiger charge is -2.21. The van der Waals surface area contributed by atoms with E-state index in [0.29, 0.717) is 31.8 Å². The molecule has 0 aromatic carbocycles. The minimum Gasteiger partial charge on any atom is -0.342 e. The first-order valence-corrected chi connectivity index (χ1v) is 9.25. The van der Waals surface area contributed by atoms with Crippen molar-refractivity contribution in [2.75, 3.05) is 24.6 Å². The third kappa shape index (κ3) is 6.41. The molecular weight excluding hydrogens is 262 g/mol. The first-order chi connectivity index (χ1) is 8.94. The highest BCUT2D eigenvalue weighted by molar-refractivity contribution is 7.91. The van der Waals surface area contributed by atoms with Crippen molar-refractivity contribution in [1.29, 1.82) is 0 Å². The van der Waals surface area contributed by atoms with Crippen molar-refractivity contribution in [1.82, 2.24) is 4.90 Å². The maximum absolute atomic E-state index is 12.1. The molecular formula is C14H27NO3S. The van der Waals surface area contributed by atoms with Crippen LogP contribution in [0.15, 0.2) is 0 Å². The molecule has 0 aromatic heterocycles. The van der Waals surface area contributed by atoms with Crippen molar-refractivity contribution in [3.05, 3.63) is 0 Å². The van der Waals surface area contributed by atoms with Crippen LogP contribution in [0.4, 0.5) is 0 Å². The molecule has 0 bridgehead atoms. The van der Waals surface area contributed by atoms with Gasteiger partial charge in [0.25, 0.3) is 0 Å². The molecule has 0 N–H and O–H groups in total. The smallest absolute Gasteiger partial charge is 0.222 e. The van der Waals surface area contributed by atoms with Gasteiger partial charge in [0, 0.05) is 19.5 Å². The van der Waals surface area contributed by atoms with Gasteiger partial charge < -0.3 is 4.90 Å². The van der Waals surface area contributed by atoms with E-state index in [4.69, 9.17) is 0 Å². The van der Waals surface area contributed by atoms with Gasteiger partial charge in [-0.25, -0.2) is 8.42 Å². The third-order valence-corrected chi connectivity index (χ3v) is 5.45. The summed E-state index contributed by atoms with van der Waals surface area (Å²) in [5, 5.41) is 0. The maximum atomic E-state index is 12.1. The van der Waals surface area contributed by atoms with E-state index in [9.17, 15) is 13.2 Å². The first kappa shape index (κ1) is 16.5. The fraction of sp³-hybridized carbons (Fsp3) is 0.929. The van der Waals surface area contributed by atoms with Gasteiger partial charge in [0.15, 0.2) is 9.84 Å². The number of sulfone groups is 1. The monoisotopic (exact) mass is 289 g/mol. The molecule has 5 heteroatoms. The van der Waals surface area contributed by atoms with Crippen LogP contribution in [0.1, 0.15) is 52.4 Å². The van der Waals surface area contributed by atoms with Gasteiger partial charge in [-0.15, -0.1) is 0 Å². The second-order valence-electron chi connectivity index (χ2n) is 5.69. The summed E-state index contributed by atoms with van der Waals surface area (Å²) in [5.41, 5.74) is 0. The number of unbranched alkanes of at least 4 members (excludes halogenated alkanes) is 2. The molecule has 19 heavy (non-hydrogen) atoms. The zero-order valence-electron chi connectivity index (χ0n) is 12.2. The zero-order chi connectivity index (χ0) is 14.3. The van der Waals surface area contributed by atoms with E-state index >= 15 is 0 Å². The summed E-state index contributed by atoms with van der Waals surface area (Å²) in [6.45, 7) is 5.26. The number of carbonyl (C=O) groups is 1. The van der Waals surface area contributed by atoms with Gasteiger partial charge in [0.05, 0.1) is 11.5 Å². The van der Waals surface area contributed by atoms with Crippen LogP contribution in [0.3, 0.4) is 0 Å². The highest BCUT2D eigenvalue weighted by atomic mass is 32.2. The molecule has 1 saturated heterocycles. The fourth-order valence-corrected chi connectivity index (χ4v) is 3.73. The Hall–Kier alpha value is -0.580. The molecule has 0 radical (unpaired) electrons. The van der Waals surface area contributed by atoms with E-state index in [2.05, 4.69) is 13.8 Å². The summed E-state index contributed by atoms with van der Waals surface area (Å²) in [6.07, 6.45) is 5.83. The molecule has 0 unspecified atom stereocenters. The molecule has 1 atom stereocenters. The van der Waals surface area contributed by atoms with Crippen LogP contribution in [-0.2, 0) is 14.6 Å². The number of amides is 1. The molecule has 1 rings (SSSR count). The Morgan fingerprint density at radius 2 is 1.95 bits per heavy atom. The van der Waals surface area contributed by atoms with Gasteiger partial charge >= 0.3 is 0 Å². The van der Waals surface area contributed by atoms with Crippen LogP contribution >= 0.6 is 0 Å². The second kappa shape index (κ2) is 7.88. The maximum Gasteiger partial charge on any atom is 0.222 e. The lowest BCUT2D eigenvalue weighted by Crippen LogP contribution is -2.34. The molecule has 1 amide bonds. The summed E-state index contributed by atoms with van der Waals surface area (Å²) >= 11 is 0. The number of carbonyl (C=O) groups excluding carboxylic acids is 1. The van der Waals surface area contributed by atoms with Crippen LogP contribution < -0.4 is 0 Å². The van der Waals surface area contributed by atoms with E-state index in [1.165, 1.54) is 19.3 Å². The molecule has 1 aliphatic rings. The SMILES string of the molecule is CCCCC[C@H](C)CC(=O)N1CCCS(=O)(=O)CC1. The average Bonchev–Trinajstić information content (AvgIpc) is 2.50. The molecule has 4 nitrogen and oxygen atoms in total. The predicted octanol–water partition coefficient (Wildman–Crippen LogP) is 2.24. The number of rotatable bonds is 6. The number of hydrogen-bond acceptors (Lipinski definition) is 3. The van der Waals surface area contributed by atoms with Crippen molar-refractivity contribution in [3.8, 4) is 0 Å². The van der Waals surface area contributed by atoms with Gasteiger partial charge in [-0.05, 0) is 12.3 Å². The standard InChI is InChI=1S/C14H27NO3S/c1-3-4-5-7-13(2)12-14(16)15-8-6-10-19(17,18)11-9-15/h13H,3-12H2,1-2H3/t13-/m0/s1. The van der Waals surface area contributed by atoms with Crippen LogP contribution in [0.2, 0.25) is 0 Å². The van der Waals surface area contributed by atoms with Crippen molar-refractivity contribution < 1.29 is 13.2 Å². The van der Waals surface area contributed by atoms with Crippen molar-refractivity contribution >= 4 is 15.7 Å². The minimum atomic E-state index is -2.93. The fourth-order valence-electron chi connectivity index (χ4n) is 2.46. The molecule has 112 valence electrons. The van der Waals surface area contributed by atoms with Crippen molar-refractivity contribution in [2.45, 2.75) is 52.4 Å². The lowest BCUT2D eigenvalue weighted by molar-refractivity contribution is -0.131. The van der Waals surface area contributed by atoms with Crippen LogP contribution in [0, 0.1) is 5.92 Å². The Bertz CT molecular complexity index is 378. The molecule has 0 spiro atoms. The van der Waals surface area contributed by atoms with Crippen LogP contribution in [0.5, 0.6) is 0 Å². The molecule has 0 saturated carbocycles. The highest BCUT2D eigenvalue weighted by Gasteiger charge is 2.23. The Kier molecular flexibility index (Phi) is 6.83. The Balaban J connectivity index is 2.36. The van der Waals surface area contributed by atoms with Crippen molar-refractivity contribution in [3.63, 3.8) is 0 Å². The summed E-state index contributed by atoms with van der Waals surface area (Å²) < 4.78 is 23.0. The zero-order valence-corrected chi connectivity index (χ0v) is 13.0. The first-order valence-electron chi connectivity index (χ1n) is 7.43. The van der Waals surface area contributed by atoms with Crippen LogP contribution in [0.25, 0.3) is 0 Å². The molecule has 1 heterocycles. The van der Waals surface area contributed by atoms with Crippen LogP contribution in [-0.4, -0.2) is 43.8 Å². The highest BCUT2D eigenvalue weighted by Crippen LogP contribution is 2.15. The molecule has 1 aliphatic heterocycles. The second-order valence-corrected chi connectivity index (χ2v) is 7.99.